The molecule has 0 N–H and O–H groups in total. The number of nitrogens with zero attached hydrogens (tertiary/aromatic N) is 3. The molecule has 0 aromatic heterocycles. The topological polar surface area (TPSA) is 30.3 Å². The van der Waals surface area contributed by atoms with Crippen LogP contribution in [0.15, 0.2) is 78.9 Å². The highest BCUT2D eigenvalue weighted by Gasteiger charge is 2.17. The van der Waals surface area contributed by atoms with Crippen molar-refractivity contribution in [3.63, 3.8) is 0 Å². The van der Waals surface area contributed by atoms with Gasteiger partial charge in [-0.15, -0.1) is 0 Å². The summed E-state index contributed by atoms with van der Waals surface area (Å²) < 4.78 is 0. The monoisotopic (exact) mass is 353 g/mol. The largest absolute Gasteiger partial charge is 0.369 e. The van der Waals surface area contributed by atoms with Crippen molar-refractivity contribution in [1.29, 1.82) is 5.26 Å². The zero-order chi connectivity index (χ0) is 18.5. The smallest absolute Gasteiger partial charge is 0.0991 e. The third-order valence-electron chi connectivity index (χ3n) is 5.17. The second kappa shape index (κ2) is 8.07. The number of rotatable bonds is 4. The SMILES string of the molecule is N#Cc1ccc(N2CCN(Cc3cccc(-c4ccccc4)c3)CC2)cc1. The molecule has 0 unspecified atom stereocenters. The Morgan fingerprint density at radius 3 is 2.15 bits per heavy atom. The molecule has 1 heterocycles. The maximum Gasteiger partial charge on any atom is 0.0991 e. The summed E-state index contributed by atoms with van der Waals surface area (Å²) in [5, 5.41) is 8.94. The van der Waals surface area contributed by atoms with E-state index in [1.165, 1.54) is 22.4 Å². The Balaban J connectivity index is 1.37. The Kier molecular flexibility index (Phi) is 5.18. The third kappa shape index (κ3) is 4.19. The van der Waals surface area contributed by atoms with E-state index in [4.69, 9.17) is 5.26 Å². The summed E-state index contributed by atoms with van der Waals surface area (Å²) in [5.41, 5.74) is 5.84. The van der Waals surface area contributed by atoms with E-state index in [-0.39, 0.29) is 0 Å². The molecule has 3 aromatic carbocycles. The van der Waals surface area contributed by atoms with E-state index >= 15 is 0 Å². The second-order valence-corrected chi connectivity index (χ2v) is 6.99. The van der Waals surface area contributed by atoms with Crippen LogP contribution >= 0.6 is 0 Å². The highest BCUT2D eigenvalue weighted by atomic mass is 15.3. The molecule has 1 aliphatic heterocycles. The van der Waals surface area contributed by atoms with Crippen LogP contribution in [0.25, 0.3) is 11.1 Å². The third-order valence-corrected chi connectivity index (χ3v) is 5.17. The maximum atomic E-state index is 8.94. The van der Waals surface area contributed by atoms with E-state index in [9.17, 15) is 0 Å². The van der Waals surface area contributed by atoms with Gasteiger partial charge in [0.2, 0.25) is 0 Å². The number of benzene rings is 3. The van der Waals surface area contributed by atoms with Crippen LogP contribution in [0.5, 0.6) is 0 Å². The van der Waals surface area contributed by atoms with Crippen molar-refractivity contribution in [2.24, 2.45) is 0 Å². The average molecular weight is 353 g/mol. The minimum absolute atomic E-state index is 0.718. The van der Waals surface area contributed by atoms with Gasteiger partial charge in [-0.3, -0.25) is 4.90 Å². The molecule has 134 valence electrons. The van der Waals surface area contributed by atoms with Gasteiger partial charge in [-0.1, -0.05) is 48.5 Å². The minimum atomic E-state index is 0.718. The first-order valence-electron chi connectivity index (χ1n) is 9.44. The van der Waals surface area contributed by atoms with Crippen LogP contribution in [0.4, 0.5) is 5.69 Å². The number of nitriles is 1. The lowest BCUT2D eigenvalue weighted by Crippen LogP contribution is -2.45. The fraction of sp³-hybridized carbons (Fsp3) is 0.208. The van der Waals surface area contributed by atoms with E-state index in [1.807, 2.05) is 12.1 Å². The zero-order valence-electron chi connectivity index (χ0n) is 15.4. The zero-order valence-corrected chi connectivity index (χ0v) is 15.4. The van der Waals surface area contributed by atoms with Gasteiger partial charge in [-0.2, -0.15) is 5.26 Å². The lowest BCUT2D eigenvalue weighted by Gasteiger charge is -2.36. The van der Waals surface area contributed by atoms with E-state index in [0.717, 1.165) is 38.3 Å². The lowest BCUT2D eigenvalue weighted by molar-refractivity contribution is 0.250. The van der Waals surface area contributed by atoms with Crippen LogP contribution in [0.1, 0.15) is 11.1 Å². The van der Waals surface area contributed by atoms with Crippen molar-refractivity contribution in [3.8, 4) is 17.2 Å². The first-order valence-corrected chi connectivity index (χ1v) is 9.44. The summed E-state index contributed by atoms with van der Waals surface area (Å²) in [4.78, 5) is 4.92. The fourth-order valence-electron chi connectivity index (χ4n) is 3.65. The minimum Gasteiger partial charge on any atom is -0.369 e. The number of piperazine rings is 1. The summed E-state index contributed by atoms with van der Waals surface area (Å²) in [7, 11) is 0. The fourth-order valence-corrected chi connectivity index (χ4v) is 3.65. The molecule has 0 atom stereocenters. The first kappa shape index (κ1) is 17.3. The molecule has 3 heteroatoms. The molecule has 0 bridgehead atoms. The van der Waals surface area contributed by atoms with Gasteiger partial charge >= 0.3 is 0 Å². The molecule has 0 amide bonds. The van der Waals surface area contributed by atoms with Crippen LogP contribution in [0.2, 0.25) is 0 Å². The molecule has 0 aliphatic carbocycles. The van der Waals surface area contributed by atoms with Gasteiger partial charge in [-0.25, -0.2) is 0 Å². The van der Waals surface area contributed by atoms with Gasteiger partial charge in [0, 0.05) is 38.4 Å². The van der Waals surface area contributed by atoms with Crippen LogP contribution in [-0.2, 0) is 6.54 Å². The highest BCUT2D eigenvalue weighted by Crippen LogP contribution is 2.22. The molecule has 1 fully saturated rings. The summed E-state index contributed by atoms with van der Waals surface area (Å²) in [6.45, 7) is 5.13. The summed E-state index contributed by atoms with van der Waals surface area (Å²) in [6.07, 6.45) is 0. The predicted molar refractivity (Wildman–Crippen MR) is 111 cm³/mol. The van der Waals surface area contributed by atoms with Gasteiger partial charge in [0.15, 0.2) is 0 Å². The summed E-state index contributed by atoms with van der Waals surface area (Å²) in [5.74, 6) is 0. The van der Waals surface area contributed by atoms with Gasteiger partial charge in [0.25, 0.3) is 0 Å². The van der Waals surface area contributed by atoms with Crippen molar-refractivity contribution in [1.82, 2.24) is 4.90 Å². The Morgan fingerprint density at radius 1 is 0.741 bits per heavy atom. The van der Waals surface area contributed by atoms with Gasteiger partial charge in [0.1, 0.15) is 0 Å². The van der Waals surface area contributed by atoms with Crippen LogP contribution in [0.3, 0.4) is 0 Å². The first-order chi connectivity index (χ1) is 13.3. The van der Waals surface area contributed by atoms with E-state index < -0.39 is 0 Å². The Bertz CT molecular complexity index is 918. The van der Waals surface area contributed by atoms with Crippen molar-refractivity contribution >= 4 is 5.69 Å². The van der Waals surface area contributed by atoms with Crippen molar-refractivity contribution in [3.05, 3.63) is 90.0 Å². The predicted octanol–water partition coefficient (Wildman–Crippen LogP) is 4.55. The van der Waals surface area contributed by atoms with Gasteiger partial charge in [0.05, 0.1) is 11.6 Å². The Labute approximate surface area is 161 Å². The maximum absolute atomic E-state index is 8.94. The molecule has 27 heavy (non-hydrogen) atoms. The van der Waals surface area contributed by atoms with Crippen molar-refractivity contribution in [2.45, 2.75) is 6.54 Å². The average Bonchev–Trinajstić information content (AvgIpc) is 2.75. The van der Waals surface area contributed by atoms with Gasteiger partial charge in [-0.05, 0) is 47.0 Å². The molecular formula is C24H23N3. The lowest BCUT2D eigenvalue weighted by atomic mass is 10.0. The highest BCUT2D eigenvalue weighted by molar-refractivity contribution is 5.63. The normalized spacial score (nSPS) is 14.7. The second-order valence-electron chi connectivity index (χ2n) is 6.99. The molecule has 4 rings (SSSR count). The Morgan fingerprint density at radius 2 is 1.44 bits per heavy atom. The Hall–Kier alpha value is -3.09. The molecular weight excluding hydrogens is 330 g/mol. The number of anilines is 1. The molecule has 0 radical (unpaired) electrons. The molecule has 0 spiro atoms. The van der Waals surface area contributed by atoms with Gasteiger partial charge < -0.3 is 4.90 Å². The quantitative estimate of drug-likeness (QED) is 0.689. The summed E-state index contributed by atoms with van der Waals surface area (Å²) >= 11 is 0. The molecule has 3 aromatic rings. The number of hydrogen-bond acceptors (Lipinski definition) is 3. The molecule has 1 saturated heterocycles. The summed E-state index contributed by atoms with van der Waals surface area (Å²) in [6, 6.07) is 29.5. The van der Waals surface area contributed by atoms with Crippen molar-refractivity contribution in [2.75, 3.05) is 31.1 Å². The van der Waals surface area contributed by atoms with E-state index in [2.05, 4.69) is 82.6 Å². The number of hydrogen-bond donors (Lipinski definition) is 0. The van der Waals surface area contributed by atoms with Crippen LogP contribution in [0, 0.1) is 11.3 Å². The van der Waals surface area contributed by atoms with E-state index in [1.54, 1.807) is 0 Å². The molecule has 1 aliphatic rings. The van der Waals surface area contributed by atoms with Crippen LogP contribution < -0.4 is 4.90 Å². The van der Waals surface area contributed by atoms with Crippen molar-refractivity contribution < 1.29 is 0 Å². The van der Waals surface area contributed by atoms with E-state index in [0.29, 0.717) is 0 Å². The van der Waals surface area contributed by atoms with Crippen LogP contribution in [-0.4, -0.2) is 31.1 Å². The standard InChI is InChI=1S/C24H23N3/c25-18-20-9-11-24(12-10-20)27-15-13-26(14-16-27)19-21-5-4-8-23(17-21)22-6-2-1-3-7-22/h1-12,17H,13-16,19H2. The molecule has 0 saturated carbocycles. The molecule has 3 nitrogen and oxygen atoms in total.